The van der Waals surface area contributed by atoms with Crippen molar-refractivity contribution in [2.45, 2.75) is 12.3 Å². The Bertz CT molecular complexity index is 718. The maximum atomic E-state index is 12.1. The number of likely N-dealkylation sites (tertiary alicyclic amines) is 1. The molecule has 1 saturated heterocycles. The average molecular weight is 329 g/mol. The fourth-order valence-electron chi connectivity index (χ4n) is 2.81. The van der Waals surface area contributed by atoms with Gasteiger partial charge in [0.1, 0.15) is 0 Å². The van der Waals surface area contributed by atoms with E-state index >= 15 is 0 Å². The van der Waals surface area contributed by atoms with Crippen molar-refractivity contribution in [3.63, 3.8) is 0 Å². The molecule has 1 aliphatic rings. The van der Waals surface area contributed by atoms with E-state index in [1.54, 1.807) is 29.2 Å². The first-order valence-electron chi connectivity index (χ1n) is 7.50. The molecule has 1 atom stereocenters. The molecule has 23 heavy (non-hydrogen) atoms. The molecule has 0 radical (unpaired) electrons. The molecule has 2 amide bonds. The van der Waals surface area contributed by atoms with Crippen molar-refractivity contribution in [3.8, 4) is 0 Å². The third-order valence-corrected chi connectivity index (χ3v) is 4.16. The first kappa shape index (κ1) is 15.6. The van der Waals surface area contributed by atoms with E-state index in [1.807, 2.05) is 30.3 Å². The van der Waals surface area contributed by atoms with Gasteiger partial charge in [-0.05, 0) is 23.8 Å². The van der Waals surface area contributed by atoms with Gasteiger partial charge in [0, 0.05) is 29.6 Å². The summed E-state index contributed by atoms with van der Waals surface area (Å²) in [5, 5.41) is 3.33. The highest BCUT2D eigenvalue weighted by Crippen LogP contribution is 2.27. The van der Waals surface area contributed by atoms with Gasteiger partial charge in [-0.25, -0.2) is 0 Å². The molecular weight excluding hydrogens is 312 g/mol. The molecule has 1 N–H and O–H groups in total. The second-order valence-electron chi connectivity index (χ2n) is 5.64. The molecule has 2 aromatic rings. The molecule has 1 aliphatic heterocycles. The fourth-order valence-corrected chi connectivity index (χ4v) is 3.00. The van der Waals surface area contributed by atoms with Gasteiger partial charge in [-0.1, -0.05) is 48.0 Å². The first-order valence-corrected chi connectivity index (χ1v) is 7.88. The van der Waals surface area contributed by atoms with Crippen LogP contribution in [0.25, 0.3) is 0 Å². The van der Waals surface area contributed by atoms with Gasteiger partial charge in [-0.15, -0.1) is 0 Å². The van der Waals surface area contributed by atoms with E-state index in [9.17, 15) is 9.59 Å². The fraction of sp³-hybridized carbons (Fsp3) is 0.222. The standard InChI is InChI=1S/C18H17ClN2O2/c19-15-7-4-8-16(10-15)20-17(22)12-21-11-14(9-18(21)23)13-5-2-1-3-6-13/h1-8,10,14H,9,11-12H2,(H,20,22)/t14-/m0/s1. The maximum Gasteiger partial charge on any atom is 0.243 e. The Kier molecular flexibility index (Phi) is 4.63. The molecule has 0 aliphatic carbocycles. The van der Waals surface area contributed by atoms with E-state index in [-0.39, 0.29) is 24.3 Å². The zero-order valence-corrected chi connectivity index (χ0v) is 13.3. The van der Waals surface area contributed by atoms with Gasteiger partial charge in [0.15, 0.2) is 0 Å². The molecule has 0 spiro atoms. The minimum atomic E-state index is -0.214. The molecule has 1 fully saturated rings. The maximum absolute atomic E-state index is 12.1. The quantitative estimate of drug-likeness (QED) is 0.936. The van der Waals surface area contributed by atoms with Gasteiger partial charge < -0.3 is 10.2 Å². The van der Waals surface area contributed by atoms with Crippen molar-refractivity contribution in [1.82, 2.24) is 4.90 Å². The van der Waals surface area contributed by atoms with E-state index in [4.69, 9.17) is 11.6 Å². The highest BCUT2D eigenvalue weighted by atomic mass is 35.5. The summed E-state index contributed by atoms with van der Waals surface area (Å²) in [7, 11) is 0. The predicted octanol–water partition coefficient (Wildman–Crippen LogP) is 3.29. The molecule has 0 saturated carbocycles. The molecule has 118 valence electrons. The van der Waals surface area contributed by atoms with Crippen LogP contribution in [0.15, 0.2) is 54.6 Å². The number of amides is 2. The zero-order valence-electron chi connectivity index (χ0n) is 12.5. The van der Waals surface area contributed by atoms with Gasteiger partial charge in [0.2, 0.25) is 11.8 Å². The summed E-state index contributed by atoms with van der Waals surface area (Å²) in [6.45, 7) is 0.639. The highest BCUT2D eigenvalue weighted by molar-refractivity contribution is 6.30. The second kappa shape index (κ2) is 6.84. The number of rotatable bonds is 4. The molecular formula is C18H17ClN2O2. The van der Waals surface area contributed by atoms with Crippen LogP contribution in [0.4, 0.5) is 5.69 Å². The third kappa shape index (κ3) is 3.90. The smallest absolute Gasteiger partial charge is 0.243 e. The number of anilines is 1. The molecule has 0 aromatic heterocycles. The summed E-state index contributed by atoms with van der Waals surface area (Å²) in [6.07, 6.45) is 0.453. The Morgan fingerprint density at radius 3 is 2.70 bits per heavy atom. The van der Waals surface area contributed by atoms with Crippen LogP contribution >= 0.6 is 11.6 Å². The largest absolute Gasteiger partial charge is 0.333 e. The van der Waals surface area contributed by atoms with E-state index in [1.165, 1.54) is 0 Å². The summed E-state index contributed by atoms with van der Waals surface area (Å²) >= 11 is 5.89. The Balaban J connectivity index is 1.60. The summed E-state index contributed by atoms with van der Waals surface area (Å²) < 4.78 is 0. The highest BCUT2D eigenvalue weighted by Gasteiger charge is 2.31. The second-order valence-corrected chi connectivity index (χ2v) is 6.08. The number of nitrogens with zero attached hydrogens (tertiary/aromatic N) is 1. The lowest BCUT2D eigenvalue weighted by molar-refractivity contribution is -0.131. The van der Waals surface area contributed by atoms with Crippen molar-refractivity contribution < 1.29 is 9.59 Å². The van der Waals surface area contributed by atoms with Crippen molar-refractivity contribution in [2.75, 3.05) is 18.4 Å². The van der Waals surface area contributed by atoms with Crippen LogP contribution in [0.1, 0.15) is 17.9 Å². The van der Waals surface area contributed by atoms with Crippen molar-refractivity contribution in [1.29, 1.82) is 0 Å². The monoisotopic (exact) mass is 328 g/mol. The van der Waals surface area contributed by atoms with Gasteiger partial charge in [-0.3, -0.25) is 9.59 Å². The van der Waals surface area contributed by atoms with Crippen LogP contribution < -0.4 is 5.32 Å². The molecule has 5 heteroatoms. The molecule has 1 heterocycles. The topological polar surface area (TPSA) is 49.4 Å². The van der Waals surface area contributed by atoms with Crippen LogP contribution in [0, 0.1) is 0 Å². The molecule has 3 rings (SSSR count). The summed E-state index contributed by atoms with van der Waals surface area (Å²) in [6, 6.07) is 16.9. The number of hydrogen-bond donors (Lipinski definition) is 1. The Morgan fingerprint density at radius 1 is 1.17 bits per heavy atom. The Morgan fingerprint density at radius 2 is 1.96 bits per heavy atom. The van der Waals surface area contributed by atoms with E-state index in [2.05, 4.69) is 5.32 Å². The molecule has 2 aromatic carbocycles. The number of hydrogen-bond acceptors (Lipinski definition) is 2. The lowest BCUT2D eigenvalue weighted by Gasteiger charge is -2.16. The predicted molar refractivity (Wildman–Crippen MR) is 90.5 cm³/mol. The van der Waals surface area contributed by atoms with Crippen LogP contribution in [0.5, 0.6) is 0 Å². The van der Waals surface area contributed by atoms with Crippen molar-refractivity contribution in [2.24, 2.45) is 0 Å². The zero-order chi connectivity index (χ0) is 16.2. The number of carbonyl (C=O) groups is 2. The number of nitrogens with one attached hydrogen (secondary N) is 1. The third-order valence-electron chi connectivity index (χ3n) is 3.93. The average Bonchev–Trinajstić information content (AvgIpc) is 2.89. The lowest BCUT2D eigenvalue weighted by atomic mass is 9.99. The van der Waals surface area contributed by atoms with Gasteiger partial charge >= 0.3 is 0 Å². The van der Waals surface area contributed by atoms with Gasteiger partial charge in [0.25, 0.3) is 0 Å². The Labute approximate surface area is 140 Å². The summed E-state index contributed by atoms with van der Waals surface area (Å²) in [4.78, 5) is 25.9. The van der Waals surface area contributed by atoms with Crippen LogP contribution in [-0.2, 0) is 9.59 Å². The van der Waals surface area contributed by atoms with E-state index in [0.29, 0.717) is 23.7 Å². The normalized spacial score (nSPS) is 17.3. The summed E-state index contributed by atoms with van der Waals surface area (Å²) in [5.41, 5.74) is 1.77. The van der Waals surface area contributed by atoms with Crippen molar-refractivity contribution in [3.05, 3.63) is 65.2 Å². The first-order chi connectivity index (χ1) is 11.1. The van der Waals surface area contributed by atoms with Crippen LogP contribution in [-0.4, -0.2) is 29.8 Å². The SMILES string of the molecule is O=C(CN1C[C@@H](c2ccccc2)CC1=O)Nc1cccc(Cl)c1. The van der Waals surface area contributed by atoms with Crippen LogP contribution in [0.2, 0.25) is 5.02 Å². The minimum absolute atomic E-state index is 0.0140. The van der Waals surface area contributed by atoms with E-state index in [0.717, 1.165) is 5.56 Å². The van der Waals surface area contributed by atoms with Crippen LogP contribution in [0.3, 0.4) is 0 Å². The van der Waals surface area contributed by atoms with Crippen molar-refractivity contribution >= 4 is 29.1 Å². The Hall–Kier alpha value is -2.33. The number of carbonyl (C=O) groups excluding carboxylic acids is 2. The molecule has 0 bridgehead atoms. The van der Waals surface area contributed by atoms with E-state index < -0.39 is 0 Å². The van der Waals surface area contributed by atoms with Gasteiger partial charge in [-0.2, -0.15) is 0 Å². The number of halogens is 1. The summed E-state index contributed by atoms with van der Waals surface area (Å²) in [5.74, 6) is -0.0444. The lowest BCUT2D eigenvalue weighted by Crippen LogP contribution is -2.34. The molecule has 4 nitrogen and oxygen atoms in total. The number of benzene rings is 2. The molecule has 0 unspecified atom stereocenters. The van der Waals surface area contributed by atoms with Gasteiger partial charge in [0.05, 0.1) is 6.54 Å². The minimum Gasteiger partial charge on any atom is -0.333 e.